The lowest BCUT2D eigenvalue weighted by Gasteiger charge is -2.08. The third-order valence-corrected chi connectivity index (χ3v) is 1.69. The van der Waals surface area contributed by atoms with Crippen molar-refractivity contribution < 1.29 is 4.74 Å². The van der Waals surface area contributed by atoms with Gasteiger partial charge in [0.25, 0.3) is 0 Å². The van der Waals surface area contributed by atoms with Crippen molar-refractivity contribution in [2.45, 2.75) is 20.3 Å². The normalized spacial score (nSPS) is 9.83. The number of para-hydroxylation sites is 1. The van der Waals surface area contributed by atoms with Crippen LogP contribution >= 0.6 is 0 Å². The summed E-state index contributed by atoms with van der Waals surface area (Å²) in [7, 11) is 0. The van der Waals surface area contributed by atoms with Gasteiger partial charge in [-0.2, -0.15) is 0 Å². The zero-order valence-electron chi connectivity index (χ0n) is 7.71. The zero-order valence-corrected chi connectivity index (χ0v) is 7.71. The molecule has 1 aromatic carbocycles. The van der Waals surface area contributed by atoms with Gasteiger partial charge in [0.15, 0.2) is 0 Å². The first-order valence-electron chi connectivity index (χ1n) is 4.39. The molecular weight excluding hydrogens is 148 g/mol. The van der Waals surface area contributed by atoms with Gasteiger partial charge in [0.2, 0.25) is 0 Å². The molecule has 0 aliphatic rings. The van der Waals surface area contributed by atoms with Crippen molar-refractivity contribution in [3.05, 3.63) is 36.2 Å². The molecule has 0 amide bonds. The second-order valence-corrected chi connectivity index (χ2v) is 2.67. The average Bonchev–Trinajstić information content (AvgIpc) is 2.15. The summed E-state index contributed by atoms with van der Waals surface area (Å²) in [5.74, 6) is 0.988. The van der Waals surface area contributed by atoms with E-state index in [1.807, 2.05) is 25.1 Å². The van der Waals surface area contributed by atoms with Crippen LogP contribution in [0.15, 0.2) is 24.3 Å². The Morgan fingerprint density at radius 2 is 2.08 bits per heavy atom. The van der Waals surface area contributed by atoms with Gasteiger partial charge in [-0.25, -0.2) is 0 Å². The molecule has 0 fully saturated rings. The maximum absolute atomic E-state index is 5.55. The molecule has 0 saturated carbocycles. The Kier molecular flexibility index (Phi) is 3.65. The van der Waals surface area contributed by atoms with Crippen molar-refractivity contribution in [3.63, 3.8) is 0 Å². The minimum atomic E-state index is 0.796. The van der Waals surface area contributed by atoms with Gasteiger partial charge >= 0.3 is 0 Å². The van der Waals surface area contributed by atoms with E-state index >= 15 is 0 Å². The van der Waals surface area contributed by atoms with E-state index in [9.17, 15) is 0 Å². The largest absolute Gasteiger partial charge is 0.493 e. The molecule has 1 heteroatoms. The van der Waals surface area contributed by atoms with E-state index in [2.05, 4.69) is 19.4 Å². The standard InChI is InChI=1S/C11H15O/c1-3-9-12-11-8-6-5-7-10(11)4-2/h4-8H,3,9H2,1-2H3. The van der Waals surface area contributed by atoms with E-state index in [0.717, 1.165) is 18.8 Å². The summed E-state index contributed by atoms with van der Waals surface area (Å²) in [6.45, 7) is 4.93. The van der Waals surface area contributed by atoms with Crippen molar-refractivity contribution in [2.75, 3.05) is 6.61 Å². The number of benzene rings is 1. The zero-order chi connectivity index (χ0) is 8.81. The minimum Gasteiger partial charge on any atom is -0.493 e. The van der Waals surface area contributed by atoms with Gasteiger partial charge in [0.1, 0.15) is 5.75 Å². The Morgan fingerprint density at radius 1 is 1.33 bits per heavy atom. The van der Waals surface area contributed by atoms with Gasteiger partial charge in [-0.15, -0.1) is 0 Å². The van der Waals surface area contributed by atoms with Gasteiger partial charge in [-0.1, -0.05) is 32.0 Å². The Hall–Kier alpha value is -0.980. The molecule has 65 valence electrons. The van der Waals surface area contributed by atoms with Gasteiger partial charge < -0.3 is 4.74 Å². The van der Waals surface area contributed by atoms with Crippen LogP contribution in [0.25, 0.3) is 0 Å². The van der Waals surface area contributed by atoms with E-state index in [1.54, 1.807) is 0 Å². The molecule has 0 saturated heterocycles. The summed E-state index contributed by atoms with van der Waals surface area (Å²) in [6, 6.07) is 8.09. The van der Waals surface area contributed by atoms with Crippen molar-refractivity contribution in [3.8, 4) is 5.75 Å². The maximum atomic E-state index is 5.55. The fraction of sp³-hybridized carbons (Fsp3) is 0.364. The molecule has 0 atom stereocenters. The smallest absolute Gasteiger partial charge is 0.122 e. The Morgan fingerprint density at radius 3 is 2.75 bits per heavy atom. The molecular formula is C11H15O. The summed E-state index contributed by atoms with van der Waals surface area (Å²) in [5, 5.41) is 0. The van der Waals surface area contributed by atoms with Gasteiger partial charge in [0.05, 0.1) is 6.61 Å². The lowest BCUT2D eigenvalue weighted by Crippen LogP contribution is -1.97. The predicted octanol–water partition coefficient (Wildman–Crippen LogP) is 3.05. The molecule has 0 bridgehead atoms. The molecule has 0 aromatic heterocycles. The quantitative estimate of drug-likeness (QED) is 0.663. The lowest BCUT2D eigenvalue weighted by molar-refractivity contribution is 0.316. The third-order valence-electron chi connectivity index (χ3n) is 1.69. The SMILES string of the molecule is C[CH]c1ccccc1OCCC. The molecule has 0 N–H and O–H groups in total. The van der Waals surface area contributed by atoms with Crippen LogP contribution in [0, 0.1) is 6.42 Å². The maximum Gasteiger partial charge on any atom is 0.122 e. The van der Waals surface area contributed by atoms with Crippen LogP contribution in [0.1, 0.15) is 25.8 Å². The molecule has 1 nitrogen and oxygen atoms in total. The number of hydrogen-bond donors (Lipinski definition) is 0. The van der Waals surface area contributed by atoms with Crippen molar-refractivity contribution >= 4 is 0 Å². The molecule has 0 aliphatic carbocycles. The summed E-state index contributed by atoms with van der Waals surface area (Å²) < 4.78 is 5.55. The van der Waals surface area contributed by atoms with Crippen LogP contribution in [-0.4, -0.2) is 6.61 Å². The highest BCUT2D eigenvalue weighted by molar-refractivity contribution is 5.37. The van der Waals surface area contributed by atoms with Crippen LogP contribution in [0.5, 0.6) is 5.75 Å². The Labute approximate surface area is 74.4 Å². The van der Waals surface area contributed by atoms with Gasteiger partial charge in [-0.3, -0.25) is 0 Å². The van der Waals surface area contributed by atoms with E-state index in [4.69, 9.17) is 4.74 Å². The molecule has 1 radical (unpaired) electrons. The summed E-state index contributed by atoms with van der Waals surface area (Å²) in [5.41, 5.74) is 1.17. The fourth-order valence-corrected chi connectivity index (χ4v) is 1.06. The third kappa shape index (κ3) is 2.26. The monoisotopic (exact) mass is 163 g/mol. The minimum absolute atomic E-state index is 0.796. The van der Waals surface area contributed by atoms with Crippen molar-refractivity contribution in [1.82, 2.24) is 0 Å². The molecule has 0 spiro atoms. The number of hydrogen-bond acceptors (Lipinski definition) is 1. The van der Waals surface area contributed by atoms with E-state index in [1.165, 1.54) is 5.56 Å². The molecule has 1 rings (SSSR count). The lowest BCUT2D eigenvalue weighted by atomic mass is 10.1. The molecule has 0 heterocycles. The first-order chi connectivity index (χ1) is 5.88. The summed E-state index contributed by atoms with van der Waals surface area (Å²) >= 11 is 0. The van der Waals surface area contributed by atoms with Crippen LogP contribution in [0.2, 0.25) is 0 Å². The van der Waals surface area contributed by atoms with Gasteiger partial charge in [0, 0.05) is 0 Å². The molecule has 1 aromatic rings. The Bertz CT molecular complexity index is 230. The first kappa shape index (κ1) is 9.11. The van der Waals surface area contributed by atoms with Crippen LogP contribution in [0.4, 0.5) is 0 Å². The van der Waals surface area contributed by atoms with Gasteiger partial charge in [-0.05, 0) is 24.5 Å². The predicted molar refractivity (Wildman–Crippen MR) is 51.3 cm³/mol. The first-order valence-corrected chi connectivity index (χ1v) is 4.39. The second kappa shape index (κ2) is 4.81. The molecule has 0 unspecified atom stereocenters. The van der Waals surface area contributed by atoms with Crippen molar-refractivity contribution in [2.24, 2.45) is 0 Å². The molecule has 0 aliphatic heterocycles. The van der Waals surface area contributed by atoms with E-state index in [0.29, 0.717) is 0 Å². The topological polar surface area (TPSA) is 9.23 Å². The second-order valence-electron chi connectivity index (χ2n) is 2.67. The Balaban J connectivity index is 2.68. The van der Waals surface area contributed by atoms with E-state index < -0.39 is 0 Å². The number of rotatable bonds is 4. The highest BCUT2D eigenvalue weighted by Gasteiger charge is 1.98. The number of ether oxygens (including phenoxy) is 1. The van der Waals surface area contributed by atoms with Crippen LogP contribution in [0.3, 0.4) is 0 Å². The summed E-state index contributed by atoms with van der Waals surface area (Å²) in [4.78, 5) is 0. The average molecular weight is 163 g/mol. The van der Waals surface area contributed by atoms with E-state index in [-0.39, 0.29) is 0 Å². The van der Waals surface area contributed by atoms with Crippen molar-refractivity contribution in [1.29, 1.82) is 0 Å². The highest BCUT2D eigenvalue weighted by Crippen LogP contribution is 2.19. The summed E-state index contributed by atoms with van der Waals surface area (Å²) in [6.07, 6.45) is 3.11. The molecule has 12 heavy (non-hydrogen) atoms. The van der Waals surface area contributed by atoms with Crippen LogP contribution in [-0.2, 0) is 0 Å². The fourth-order valence-electron chi connectivity index (χ4n) is 1.06. The van der Waals surface area contributed by atoms with Crippen LogP contribution < -0.4 is 4.74 Å². The highest BCUT2D eigenvalue weighted by atomic mass is 16.5.